The summed E-state index contributed by atoms with van der Waals surface area (Å²) in [4.78, 5) is 12.5. The van der Waals surface area contributed by atoms with Crippen LogP contribution in [-0.4, -0.2) is 50.5 Å². The van der Waals surface area contributed by atoms with Crippen molar-refractivity contribution in [3.05, 3.63) is 26.6 Å². The Balaban J connectivity index is 2.68. The van der Waals surface area contributed by atoms with E-state index in [1.807, 2.05) is 11.5 Å². The second-order valence-electron chi connectivity index (χ2n) is 6.03. The van der Waals surface area contributed by atoms with Gasteiger partial charge in [-0.05, 0) is 22.4 Å². The van der Waals surface area contributed by atoms with Gasteiger partial charge < -0.3 is 28.6 Å². The molecule has 0 aliphatic carbocycles. The largest absolute Gasteiger partial charge is 0.491 e. The minimum Gasteiger partial charge on any atom is -0.491 e. The van der Waals surface area contributed by atoms with Crippen molar-refractivity contribution < 1.29 is 24.1 Å². The lowest BCUT2D eigenvalue weighted by Crippen LogP contribution is -2.49. The Hall–Kier alpha value is -0.930. The number of halogens is 1. The molecule has 1 N–H and O–H groups in total. The van der Waals surface area contributed by atoms with E-state index in [1.165, 1.54) is 14.2 Å². The average Bonchev–Trinajstić information content (AvgIpc) is 2.56. The van der Waals surface area contributed by atoms with Crippen LogP contribution in [0.15, 0.2) is 15.5 Å². The van der Waals surface area contributed by atoms with Gasteiger partial charge in [0, 0.05) is 39.0 Å². The van der Waals surface area contributed by atoms with E-state index >= 15 is 0 Å². The van der Waals surface area contributed by atoms with E-state index < -0.39 is 11.5 Å². The molecule has 0 spiro atoms. The molecule has 24 heavy (non-hydrogen) atoms. The average molecular weight is 406 g/mol. The lowest BCUT2D eigenvalue weighted by Gasteiger charge is -2.47. The Labute approximate surface area is 149 Å². The topological polar surface area (TPSA) is 79.2 Å². The zero-order chi connectivity index (χ0) is 17.9. The number of fused-ring (bicyclic) bond motifs is 1. The Morgan fingerprint density at radius 2 is 2.12 bits per heavy atom. The standard InChI is InChI=1S/C16H24BrNO6/c1-16(5-6-19)11(22-3)8-18-7-10(17)13(20)14(23-4)12(18)15(16)24-9-21-2/h7,11,15,19H,5-6,8-9H2,1-4H3. The van der Waals surface area contributed by atoms with Gasteiger partial charge in [-0.3, -0.25) is 4.79 Å². The zero-order valence-electron chi connectivity index (χ0n) is 14.4. The van der Waals surface area contributed by atoms with Crippen LogP contribution < -0.4 is 10.2 Å². The third-order valence-electron chi connectivity index (χ3n) is 4.67. The highest BCUT2D eigenvalue weighted by Crippen LogP contribution is 2.49. The van der Waals surface area contributed by atoms with Crippen molar-refractivity contribution in [2.45, 2.75) is 32.1 Å². The van der Waals surface area contributed by atoms with Crippen LogP contribution >= 0.6 is 15.9 Å². The third-order valence-corrected chi connectivity index (χ3v) is 5.24. The van der Waals surface area contributed by atoms with Crippen LogP contribution in [0.25, 0.3) is 0 Å². The Morgan fingerprint density at radius 1 is 1.42 bits per heavy atom. The SMILES string of the molecule is COCOC1c2c(OC)c(=O)c(Br)cn2CC(OC)C1(C)CCO. The van der Waals surface area contributed by atoms with Crippen molar-refractivity contribution in [2.75, 3.05) is 34.7 Å². The lowest BCUT2D eigenvalue weighted by atomic mass is 9.72. The van der Waals surface area contributed by atoms with Crippen LogP contribution in [0.2, 0.25) is 0 Å². The quantitative estimate of drug-likeness (QED) is 0.695. The lowest BCUT2D eigenvalue weighted by molar-refractivity contribution is -0.176. The van der Waals surface area contributed by atoms with Crippen molar-refractivity contribution in [2.24, 2.45) is 5.41 Å². The molecule has 1 aromatic rings. The second-order valence-corrected chi connectivity index (χ2v) is 6.89. The fraction of sp³-hybridized carbons (Fsp3) is 0.688. The van der Waals surface area contributed by atoms with Crippen molar-refractivity contribution >= 4 is 15.9 Å². The molecule has 0 amide bonds. The normalized spacial score (nSPS) is 26.2. The number of rotatable bonds is 7. The number of ether oxygens (including phenoxy) is 4. The minimum absolute atomic E-state index is 0.0215. The van der Waals surface area contributed by atoms with Crippen molar-refractivity contribution in [1.82, 2.24) is 4.57 Å². The van der Waals surface area contributed by atoms with E-state index in [4.69, 9.17) is 18.9 Å². The summed E-state index contributed by atoms with van der Waals surface area (Å²) in [6.07, 6.45) is 1.43. The van der Waals surface area contributed by atoms with Crippen LogP contribution in [-0.2, 0) is 20.8 Å². The molecule has 1 aliphatic rings. The zero-order valence-corrected chi connectivity index (χ0v) is 16.0. The molecule has 0 radical (unpaired) electrons. The first kappa shape index (κ1) is 19.4. The Kier molecular flexibility index (Phi) is 6.44. The monoisotopic (exact) mass is 405 g/mol. The van der Waals surface area contributed by atoms with E-state index in [0.717, 1.165) is 0 Å². The highest BCUT2D eigenvalue weighted by Gasteiger charge is 2.49. The molecule has 136 valence electrons. The number of aliphatic hydroxyl groups excluding tert-OH is 1. The third kappa shape index (κ3) is 3.25. The number of nitrogens with zero attached hydrogens (tertiary/aromatic N) is 1. The summed E-state index contributed by atoms with van der Waals surface area (Å²) >= 11 is 3.28. The van der Waals surface area contributed by atoms with Crippen LogP contribution in [0.4, 0.5) is 0 Å². The maximum absolute atomic E-state index is 12.5. The summed E-state index contributed by atoms with van der Waals surface area (Å²) in [5, 5.41) is 9.56. The smallest absolute Gasteiger partial charge is 0.237 e. The number of aliphatic hydroxyl groups is 1. The van der Waals surface area contributed by atoms with Gasteiger partial charge in [0.1, 0.15) is 12.9 Å². The minimum atomic E-state index is -0.546. The van der Waals surface area contributed by atoms with E-state index in [-0.39, 0.29) is 30.7 Å². The molecule has 7 nitrogen and oxygen atoms in total. The molecule has 1 aliphatic heterocycles. The van der Waals surface area contributed by atoms with Crippen LogP contribution in [0.3, 0.4) is 0 Å². The molecule has 2 heterocycles. The number of methoxy groups -OCH3 is 3. The fourth-order valence-corrected chi connectivity index (χ4v) is 3.82. The maximum Gasteiger partial charge on any atom is 0.237 e. The molecule has 0 fully saturated rings. The highest BCUT2D eigenvalue weighted by molar-refractivity contribution is 9.10. The van der Waals surface area contributed by atoms with Crippen LogP contribution in [0.5, 0.6) is 5.75 Å². The number of pyridine rings is 1. The summed E-state index contributed by atoms with van der Waals surface area (Å²) in [6, 6.07) is 0. The highest BCUT2D eigenvalue weighted by atomic mass is 79.9. The number of hydrogen-bond acceptors (Lipinski definition) is 6. The van der Waals surface area contributed by atoms with Gasteiger partial charge in [-0.15, -0.1) is 0 Å². The first-order valence-electron chi connectivity index (χ1n) is 7.65. The summed E-state index contributed by atoms with van der Waals surface area (Å²) < 4.78 is 24.4. The molecule has 0 saturated heterocycles. The number of aromatic nitrogens is 1. The summed E-state index contributed by atoms with van der Waals surface area (Å²) in [7, 11) is 4.63. The molecule has 3 unspecified atom stereocenters. The molecular weight excluding hydrogens is 382 g/mol. The Morgan fingerprint density at radius 3 is 2.67 bits per heavy atom. The van der Waals surface area contributed by atoms with E-state index in [1.54, 1.807) is 13.3 Å². The summed E-state index contributed by atoms with van der Waals surface area (Å²) in [5.41, 5.74) is -0.153. The predicted octanol–water partition coefficient (Wildman–Crippen LogP) is 1.70. The van der Waals surface area contributed by atoms with E-state index in [2.05, 4.69) is 15.9 Å². The maximum atomic E-state index is 12.5. The van der Waals surface area contributed by atoms with Crippen LogP contribution in [0, 0.1) is 5.41 Å². The molecular formula is C16H24BrNO6. The molecule has 3 atom stereocenters. The molecule has 8 heteroatoms. The van der Waals surface area contributed by atoms with Crippen molar-refractivity contribution in [3.63, 3.8) is 0 Å². The summed E-state index contributed by atoms with van der Waals surface area (Å²) in [6.45, 7) is 2.53. The first-order valence-corrected chi connectivity index (χ1v) is 8.44. The van der Waals surface area contributed by atoms with Gasteiger partial charge in [0.2, 0.25) is 5.43 Å². The van der Waals surface area contributed by atoms with Gasteiger partial charge in [-0.1, -0.05) is 6.92 Å². The van der Waals surface area contributed by atoms with Crippen molar-refractivity contribution in [3.8, 4) is 5.75 Å². The second kappa shape index (κ2) is 7.97. The summed E-state index contributed by atoms with van der Waals surface area (Å²) in [5.74, 6) is 0.226. The molecule has 1 aromatic heterocycles. The van der Waals surface area contributed by atoms with Gasteiger partial charge >= 0.3 is 0 Å². The van der Waals surface area contributed by atoms with Gasteiger partial charge in [0.25, 0.3) is 0 Å². The molecule has 0 bridgehead atoms. The van der Waals surface area contributed by atoms with Gasteiger partial charge in [0.15, 0.2) is 5.75 Å². The van der Waals surface area contributed by atoms with Gasteiger partial charge in [-0.2, -0.15) is 0 Å². The number of hydrogen-bond donors (Lipinski definition) is 1. The van der Waals surface area contributed by atoms with Gasteiger partial charge in [-0.25, -0.2) is 0 Å². The molecule has 0 aromatic carbocycles. The van der Waals surface area contributed by atoms with Crippen LogP contribution in [0.1, 0.15) is 25.1 Å². The molecule has 2 rings (SSSR count). The Bertz CT molecular complexity index is 634. The first-order chi connectivity index (χ1) is 11.4. The van der Waals surface area contributed by atoms with Gasteiger partial charge in [0.05, 0.1) is 23.4 Å². The predicted molar refractivity (Wildman–Crippen MR) is 91.3 cm³/mol. The van der Waals surface area contributed by atoms with E-state index in [9.17, 15) is 9.90 Å². The van der Waals surface area contributed by atoms with Crippen molar-refractivity contribution in [1.29, 1.82) is 0 Å². The van der Waals surface area contributed by atoms with E-state index in [0.29, 0.717) is 23.1 Å². The molecule has 0 saturated carbocycles. The fourth-order valence-electron chi connectivity index (χ4n) is 3.39.